The minimum Gasteiger partial charge on any atom is -0.473 e. The molecule has 1 aliphatic heterocycles. The molecule has 1 aromatic rings. The van der Waals surface area contributed by atoms with E-state index in [2.05, 4.69) is 27.7 Å². The Morgan fingerprint density at radius 1 is 1.03 bits per heavy atom. The summed E-state index contributed by atoms with van der Waals surface area (Å²) in [5.41, 5.74) is 0.781. The van der Waals surface area contributed by atoms with E-state index in [1.54, 1.807) is 19.1 Å². The molecule has 0 saturated carbocycles. The number of ether oxygens (including phenoxy) is 1. The Labute approximate surface area is 172 Å². The van der Waals surface area contributed by atoms with Crippen LogP contribution < -0.4 is 0 Å². The van der Waals surface area contributed by atoms with Crippen molar-refractivity contribution in [3.63, 3.8) is 0 Å². The fourth-order valence-corrected chi connectivity index (χ4v) is 3.88. The summed E-state index contributed by atoms with van der Waals surface area (Å²) in [6, 6.07) is 3.42. The van der Waals surface area contributed by atoms with Crippen LogP contribution in [0.3, 0.4) is 0 Å². The molecule has 6 heteroatoms. The predicted molar refractivity (Wildman–Crippen MR) is 113 cm³/mol. The first-order valence-corrected chi connectivity index (χ1v) is 10.5. The first kappa shape index (κ1) is 23.4. The summed E-state index contributed by atoms with van der Waals surface area (Å²) < 4.78 is 47.4. The number of benzene rings is 1. The van der Waals surface area contributed by atoms with Crippen LogP contribution in [-0.4, -0.2) is 23.8 Å². The second kappa shape index (κ2) is 9.31. The van der Waals surface area contributed by atoms with Crippen LogP contribution in [0.1, 0.15) is 77.1 Å². The summed E-state index contributed by atoms with van der Waals surface area (Å²) in [7, 11) is 0. The van der Waals surface area contributed by atoms with E-state index in [0.717, 1.165) is 0 Å². The lowest BCUT2D eigenvalue weighted by atomic mass is 9.91. The number of hydrogen-bond acceptors (Lipinski definition) is 3. The molecule has 1 aliphatic rings. The van der Waals surface area contributed by atoms with Gasteiger partial charge in [0.25, 0.3) is 0 Å². The Balaban J connectivity index is 2.49. The number of rotatable bonds is 6. The summed E-state index contributed by atoms with van der Waals surface area (Å²) in [5.74, 6) is 1.08. The van der Waals surface area contributed by atoms with Gasteiger partial charge in [-0.05, 0) is 43.2 Å². The standard InChI is InChI=1S/C23H33F3N2O/c1-8-18-20(16-11-10-15(7)12-17(16)23(24,25)26)27-19(9-2)22(28-18)29-21(13(3)4)14(5)6/h10-14,18,20-21H,8-9H2,1-7H3. The molecule has 29 heavy (non-hydrogen) atoms. The summed E-state index contributed by atoms with van der Waals surface area (Å²) >= 11 is 0. The van der Waals surface area contributed by atoms with Crippen LogP contribution in [0.2, 0.25) is 0 Å². The van der Waals surface area contributed by atoms with Gasteiger partial charge < -0.3 is 4.74 Å². The normalized spacial score (nSPS) is 20.3. The van der Waals surface area contributed by atoms with Gasteiger partial charge in [0.1, 0.15) is 6.10 Å². The molecule has 3 nitrogen and oxygen atoms in total. The van der Waals surface area contributed by atoms with Crippen LogP contribution >= 0.6 is 0 Å². The number of nitrogens with zero attached hydrogens (tertiary/aromatic N) is 2. The summed E-state index contributed by atoms with van der Waals surface area (Å²) in [6.45, 7) is 13.9. The SMILES string of the molecule is CCC1=NC(c2ccc(C)cc2C(F)(F)F)C(CC)N=C1OC(C(C)C)C(C)C. The Hall–Kier alpha value is -1.85. The molecule has 0 radical (unpaired) electrons. The van der Waals surface area contributed by atoms with Gasteiger partial charge in [0, 0.05) is 0 Å². The maximum absolute atomic E-state index is 13.7. The number of hydrogen-bond donors (Lipinski definition) is 0. The summed E-state index contributed by atoms with van der Waals surface area (Å²) in [4.78, 5) is 9.50. The van der Waals surface area contributed by atoms with E-state index in [4.69, 9.17) is 14.7 Å². The Morgan fingerprint density at radius 2 is 1.66 bits per heavy atom. The number of aryl methyl sites for hydroxylation is 1. The van der Waals surface area contributed by atoms with Gasteiger partial charge in [-0.3, -0.25) is 4.99 Å². The van der Waals surface area contributed by atoms with E-state index < -0.39 is 17.8 Å². The van der Waals surface area contributed by atoms with Crippen LogP contribution in [0.4, 0.5) is 13.2 Å². The molecule has 2 unspecified atom stereocenters. The first-order valence-electron chi connectivity index (χ1n) is 10.5. The lowest BCUT2D eigenvalue weighted by Gasteiger charge is -2.32. The fraction of sp³-hybridized carbons (Fsp3) is 0.652. The Kier molecular flexibility index (Phi) is 7.52. The number of halogens is 3. The molecule has 0 saturated heterocycles. The van der Waals surface area contributed by atoms with Crippen molar-refractivity contribution in [1.82, 2.24) is 0 Å². The maximum atomic E-state index is 13.7. The molecule has 0 amide bonds. The van der Waals surface area contributed by atoms with Crippen molar-refractivity contribution in [2.75, 3.05) is 0 Å². The third kappa shape index (κ3) is 5.40. The minimum atomic E-state index is -4.43. The molecule has 0 N–H and O–H groups in total. The monoisotopic (exact) mass is 410 g/mol. The quantitative estimate of drug-likeness (QED) is 0.508. The molecule has 1 heterocycles. The van der Waals surface area contributed by atoms with Gasteiger partial charge in [-0.25, -0.2) is 4.99 Å². The lowest BCUT2D eigenvalue weighted by Crippen LogP contribution is -2.36. The predicted octanol–water partition coefficient (Wildman–Crippen LogP) is 6.79. The Morgan fingerprint density at radius 3 is 2.14 bits per heavy atom. The molecule has 0 aromatic heterocycles. The van der Waals surface area contributed by atoms with Crippen molar-refractivity contribution >= 4 is 11.6 Å². The molecule has 2 atom stereocenters. The van der Waals surface area contributed by atoms with Crippen molar-refractivity contribution in [3.05, 3.63) is 34.9 Å². The highest BCUT2D eigenvalue weighted by molar-refractivity contribution is 6.39. The minimum absolute atomic E-state index is 0.0235. The van der Waals surface area contributed by atoms with E-state index in [0.29, 0.717) is 41.9 Å². The smallest absolute Gasteiger partial charge is 0.416 e. The van der Waals surface area contributed by atoms with Gasteiger partial charge in [-0.2, -0.15) is 13.2 Å². The van der Waals surface area contributed by atoms with Gasteiger partial charge in [0.15, 0.2) is 0 Å². The molecule has 0 fully saturated rings. The Bertz CT molecular complexity index is 758. The highest BCUT2D eigenvalue weighted by atomic mass is 19.4. The van der Waals surface area contributed by atoms with E-state index in [1.807, 2.05) is 13.8 Å². The molecule has 1 aromatic carbocycles. The number of alkyl halides is 3. The molecule has 162 valence electrons. The van der Waals surface area contributed by atoms with Crippen molar-refractivity contribution in [3.8, 4) is 0 Å². The molecular weight excluding hydrogens is 377 g/mol. The second-order valence-corrected chi connectivity index (χ2v) is 8.44. The van der Waals surface area contributed by atoms with E-state index in [1.165, 1.54) is 6.07 Å². The van der Waals surface area contributed by atoms with E-state index in [9.17, 15) is 13.2 Å². The van der Waals surface area contributed by atoms with Gasteiger partial charge in [0.05, 0.1) is 23.4 Å². The van der Waals surface area contributed by atoms with Crippen LogP contribution in [-0.2, 0) is 10.9 Å². The van der Waals surface area contributed by atoms with Gasteiger partial charge in [-0.1, -0.05) is 59.2 Å². The van der Waals surface area contributed by atoms with Crippen molar-refractivity contribution < 1.29 is 17.9 Å². The van der Waals surface area contributed by atoms with E-state index in [-0.39, 0.29) is 17.7 Å². The topological polar surface area (TPSA) is 34.0 Å². The third-order valence-electron chi connectivity index (χ3n) is 5.34. The lowest BCUT2D eigenvalue weighted by molar-refractivity contribution is -0.138. The van der Waals surface area contributed by atoms with Crippen LogP contribution in [0, 0.1) is 18.8 Å². The van der Waals surface area contributed by atoms with Gasteiger partial charge in [-0.15, -0.1) is 0 Å². The van der Waals surface area contributed by atoms with Crippen LogP contribution in [0.15, 0.2) is 28.2 Å². The summed E-state index contributed by atoms with van der Waals surface area (Å²) in [6.07, 6.45) is -3.31. The molecular formula is C23H33F3N2O. The highest BCUT2D eigenvalue weighted by Crippen LogP contribution is 2.40. The second-order valence-electron chi connectivity index (χ2n) is 8.44. The fourth-order valence-electron chi connectivity index (χ4n) is 3.88. The highest BCUT2D eigenvalue weighted by Gasteiger charge is 2.39. The first-order chi connectivity index (χ1) is 13.5. The molecule has 2 rings (SSSR count). The van der Waals surface area contributed by atoms with Crippen molar-refractivity contribution in [1.29, 1.82) is 0 Å². The number of aliphatic imine (C=N–C) groups is 2. The van der Waals surface area contributed by atoms with Crippen molar-refractivity contribution in [2.45, 2.75) is 85.7 Å². The zero-order valence-electron chi connectivity index (χ0n) is 18.5. The largest absolute Gasteiger partial charge is 0.473 e. The van der Waals surface area contributed by atoms with Gasteiger partial charge >= 0.3 is 6.18 Å². The van der Waals surface area contributed by atoms with Gasteiger partial charge in [0.2, 0.25) is 5.90 Å². The molecule has 0 spiro atoms. The zero-order chi connectivity index (χ0) is 21.9. The van der Waals surface area contributed by atoms with Crippen LogP contribution in [0.5, 0.6) is 0 Å². The average Bonchev–Trinajstić information content (AvgIpc) is 2.64. The molecule has 0 aliphatic carbocycles. The zero-order valence-corrected chi connectivity index (χ0v) is 18.5. The average molecular weight is 411 g/mol. The van der Waals surface area contributed by atoms with E-state index >= 15 is 0 Å². The summed E-state index contributed by atoms with van der Waals surface area (Å²) in [5, 5.41) is 0. The van der Waals surface area contributed by atoms with Crippen molar-refractivity contribution in [2.24, 2.45) is 21.8 Å². The maximum Gasteiger partial charge on any atom is 0.416 e. The third-order valence-corrected chi connectivity index (χ3v) is 5.34. The molecule has 0 bridgehead atoms. The van der Waals surface area contributed by atoms with Crippen LogP contribution in [0.25, 0.3) is 0 Å².